The van der Waals surface area contributed by atoms with Crippen molar-refractivity contribution in [2.75, 3.05) is 14.2 Å². The molecule has 2 heterocycles. The third-order valence-electron chi connectivity index (χ3n) is 7.54. The number of carbonyl (C=O) groups excluding carboxylic acids is 1. The van der Waals surface area contributed by atoms with E-state index in [-0.39, 0.29) is 5.56 Å². The second-order valence-electron chi connectivity index (χ2n) is 10.2. The van der Waals surface area contributed by atoms with Crippen molar-refractivity contribution in [3.8, 4) is 11.5 Å². The van der Waals surface area contributed by atoms with Crippen LogP contribution in [0.3, 0.4) is 0 Å². The summed E-state index contributed by atoms with van der Waals surface area (Å²) in [6, 6.07) is 27.0. The zero-order valence-corrected chi connectivity index (χ0v) is 26.8. The van der Waals surface area contributed by atoms with E-state index >= 15 is 0 Å². The maximum Gasteiger partial charge on any atom is 0.338 e. The Bertz CT molecular complexity index is 2100. The van der Waals surface area contributed by atoms with Gasteiger partial charge in [0, 0.05) is 4.47 Å². The molecule has 0 radical (unpaired) electrons. The SMILES string of the molecule is CCC1=C(C(=O)OC)[C@@H](c2ccccc2)n2c(s/c(=C\c3cc(OC)c(OCc4ccc5ccccc5c4)cc3Br)c2=O)=N1. The van der Waals surface area contributed by atoms with E-state index in [0.717, 1.165) is 26.5 Å². The van der Waals surface area contributed by atoms with Crippen LogP contribution in [0.5, 0.6) is 11.5 Å². The quantitative estimate of drug-likeness (QED) is 0.181. The molecule has 0 aliphatic carbocycles. The van der Waals surface area contributed by atoms with Crippen LogP contribution in [-0.4, -0.2) is 24.8 Å². The minimum atomic E-state index is -0.652. The van der Waals surface area contributed by atoms with Crippen LogP contribution in [0.2, 0.25) is 0 Å². The van der Waals surface area contributed by atoms with E-state index < -0.39 is 12.0 Å². The highest BCUT2D eigenvalue weighted by Gasteiger charge is 2.33. The fourth-order valence-electron chi connectivity index (χ4n) is 5.38. The third kappa shape index (κ3) is 5.60. The van der Waals surface area contributed by atoms with E-state index in [0.29, 0.717) is 45.1 Å². The minimum Gasteiger partial charge on any atom is -0.493 e. The van der Waals surface area contributed by atoms with Gasteiger partial charge in [0.2, 0.25) is 0 Å². The smallest absolute Gasteiger partial charge is 0.338 e. The molecule has 0 saturated heterocycles. The van der Waals surface area contributed by atoms with Crippen LogP contribution in [-0.2, 0) is 16.1 Å². The van der Waals surface area contributed by atoms with Gasteiger partial charge in [-0.05, 0) is 58.2 Å². The van der Waals surface area contributed by atoms with Crippen molar-refractivity contribution in [3.05, 3.63) is 137 Å². The van der Waals surface area contributed by atoms with Gasteiger partial charge in [-0.3, -0.25) is 9.36 Å². The molecule has 0 saturated carbocycles. The summed E-state index contributed by atoms with van der Waals surface area (Å²) in [5.41, 5.74) is 3.31. The molecule has 0 amide bonds. The molecule has 6 rings (SSSR count). The van der Waals surface area contributed by atoms with Crippen LogP contribution in [0.25, 0.3) is 16.8 Å². The Morgan fingerprint density at radius 1 is 0.977 bits per heavy atom. The van der Waals surface area contributed by atoms with E-state index in [2.05, 4.69) is 46.3 Å². The van der Waals surface area contributed by atoms with Gasteiger partial charge in [0.25, 0.3) is 5.56 Å². The first kappa shape index (κ1) is 29.6. The predicted octanol–water partition coefficient (Wildman–Crippen LogP) is 6.30. The van der Waals surface area contributed by atoms with Gasteiger partial charge in [-0.15, -0.1) is 0 Å². The molecular formula is C35H29BrN2O5S. The number of nitrogens with zero attached hydrogens (tertiary/aromatic N) is 2. The number of carbonyl (C=O) groups is 1. The first-order valence-corrected chi connectivity index (χ1v) is 15.7. The first-order valence-electron chi connectivity index (χ1n) is 14.1. The average molecular weight is 670 g/mol. The monoisotopic (exact) mass is 668 g/mol. The Morgan fingerprint density at radius 2 is 1.73 bits per heavy atom. The van der Waals surface area contributed by atoms with Crippen molar-refractivity contribution in [1.29, 1.82) is 0 Å². The summed E-state index contributed by atoms with van der Waals surface area (Å²) < 4.78 is 19.8. The second-order valence-corrected chi connectivity index (χ2v) is 12.1. The minimum absolute atomic E-state index is 0.248. The van der Waals surface area contributed by atoms with Gasteiger partial charge >= 0.3 is 5.97 Å². The molecule has 0 unspecified atom stereocenters. The van der Waals surface area contributed by atoms with Gasteiger partial charge < -0.3 is 14.2 Å². The molecule has 0 fully saturated rings. The number of methoxy groups -OCH3 is 2. The summed E-state index contributed by atoms with van der Waals surface area (Å²) in [4.78, 5) is 32.2. The highest BCUT2D eigenvalue weighted by molar-refractivity contribution is 9.10. The Morgan fingerprint density at radius 3 is 2.45 bits per heavy atom. The average Bonchev–Trinajstić information content (AvgIpc) is 3.37. The molecule has 1 aliphatic rings. The van der Waals surface area contributed by atoms with Crippen molar-refractivity contribution < 1.29 is 19.0 Å². The fraction of sp³-hybridized carbons (Fsp3) is 0.171. The van der Waals surface area contributed by atoms with E-state index in [1.165, 1.54) is 23.8 Å². The third-order valence-corrected chi connectivity index (χ3v) is 9.21. The van der Waals surface area contributed by atoms with Crippen LogP contribution in [0.1, 0.15) is 36.1 Å². The van der Waals surface area contributed by atoms with Crippen LogP contribution in [0.15, 0.2) is 110 Å². The molecule has 5 aromatic rings. The molecule has 1 aliphatic heterocycles. The zero-order valence-electron chi connectivity index (χ0n) is 24.4. The molecule has 7 nitrogen and oxygen atoms in total. The Labute approximate surface area is 266 Å². The number of benzene rings is 4. The lowest BCUT2D eigenvalue weighted by atomic mass is 9.95. The normalized spacial score (nSPS) is 14.7. The van der Waals surface area contributed by atoms with Crippen LogP contribution >= 0.6 is 27.3 Å². The molecule has 1 atom stereocenters. The maximum atomic E-state index is 14.0. The number of allylic oxidation sites excluding steroid dienone is 1. The number of halogens is 1. The van der Waals surface area contributed by atoms with Gasteiger partial charge in [0.1, 0.15) is 6.61 Å². The van der Waals surface area contributed by atoms with Gasteiger partial charge in [0.15, 0.2) is 16.3 Å². The van der Waals surface area contributed by atoms with Crippen molar-refractivity contribution in [2.24, 2.45) is 4.99 Å². The number of aromatic nitrogens is 1. The first-order chi connectivity index (χ1) is 21.4. The van der Waals surface area contributed by atoms with Gasteiger partial charge in [-0.1, -0.05) is 101 Å². The molecule has 4 aromatic carbocycles. The Kier molecular flexibility index (Phi) is 8.50. The molecule has 1 aromatic heterocycles. The molecule has 0 spiro atoms. The summed E-state index contributed by atoms with van der Waals surface area (Å²) >= 11 is 4.95. The molecule has 0 N–H and O–H groups in total. The molecule has 0 bridgehead atoms. The largest absolute Gasteiger partial charge is 0.493 e. The number of thiazole rings is 1. The van der Waals surface area contributed by atoms with Crippen molar-refractivity contribution in [2.45, 2.75) is 26.0 Å². The molecule has 9 heteroatoms. The lowest BCUT2D eigenvalue weighted by Gasteiger charge is -2.25. The predicted molar refractivity (Wildman–Crippen MR) is 176 cm³/mol. The van der Waals surface area contributed by atoms with Crippen molar-refractivity contribution in [1.82, 2.24) is 4.57 Å². The lowest BCUT2D eigenvalue weighted by molar-refractivity contribution is -0.136. The maximum absolute atomic E-state index is 14.0. The Balaban J connectivity index is 1.38. The van der Waals surface area contributed by atoms with Crippen LogP contribution in [0.4, 0.5) is 0 Å². The molecular weight excluding hydrogens is 640 g/mol. The summed E-state index contributed by atoms with van der Waals surface area (Å²) in [6.45, 7) is 2.30. The van der Waals surface area contributed by atoms with Gasteiger partial charge in [0.05, 0.1) is 36.1 Å². The lowest BCUT2D eigenvalue weighted by Crippen LogP contribution is -2.40. The standard InChI is InChI=1S/C35H29BrN2O5S/c1-4-27-31(34(40)42-3)32(23-11-6-5-7-12-23)38-33(39)30(44-35(38)37-27)18-25-17-28(41-2)29(19-26(25)36)43-20-21-14-15-22-10-8-9-13-24(22)16-21/h5-19,32H,4,20H2,1-3H3/b30-18-/t32-/m1/s1. The number of hydrogen-bond acceptors (Lipinski definition) is 7. The Hall–Kier alpha value is -4.47. The van der Waals surface area contributed by atoms with Gasteiger partial charge in [-0.2, -0.15) is 0 Å². The number of fused-ring (bicyclic) bond motifs is 2. The molecule has 44 heavy (non-hydrogen) atoms. The molecule has 222 valence electrons. The van der Waals surface area contributed by atoms with Crippen LogP contribution < -0.4 is 24.4 Å². The summed E-state index contributed by atoms with van der Waals surface area (Å²) in [7, 11) is 2.93. The van der Waals surface area contributed by atoms with E-state index in [9.17, 15) is 9.59 Å². The summed E-state index contributed by atoms with van der Waals surface area (Å²) in [5.74, 6) is 0.613. The second kappa shape index (κ2) is 12.6. The summed E-state index contributed by atoms with van der Waals surface area (Å²) in [6.07, 6.45) is 2.32. The van der Waals surface area contributed by atoms with Crippen molar-refractivity contribution >= 4 is 50.1 Å². The van der Waals surface area contributed by atoms with E-state index in [1.807, 2.05) is 61.5 Å². The zero-order chi connectivity index (χ0) is 30.8. The van der Waals surface area contributed by atoms with Crippen LogP contribution in [0, 0.1) is 0 Å². The van der Waals surface area contributed by atoms with E-state index in [1.54, 1.807) is 17.8 Å². The highest BCUT2D eigenvalue weighted by Crippen LogP contribution is 2.35. The summed E-state index contributed by atoms with van der Waals surface area (Å²) in [5, 5.41) is 2.33. The van der Waals surface area contributed by atoms with Gasteiger partial charge in [-0.25, -0.2) is 9.79 Å². The van der Waals surface area contributed by atoms with E-state index in [4.69, 9.17) is 19.2 Å². The topological polar surface area (TPSA) is 79.1 Å². The highest BCUT2D eigenvalue weighted by atomic mass is 79.9. The number of ether oxygens (including phenoxy) is 3. The number of esters is 1. The number of rotatable bonds is 8. The fourth-order valence-corrected chi connectivity index (χ4v) is 6.83. The van der Waals surface area contributed by atoms with Crippen molar-refractivity contribution in [3.63, 3.8) is 0 Å². The number of hydrogen-bond donors (Lipinski definition) is 0.